The summed E-state index contributed by atoms with van der Waals surface area (Å²) in [6, 6.07) is 4.38. The van der Waals surface area contributed by atoms with Gasteiger partial charge in [-0.15, -0.1) is 11.3 Å². The lowest BCUT2D eigenvalue weighted by atomic mass is 10.1. The van der Waals surface area contributed by atoms with Gasteiger partial charge in [0.2, 0.25) is 0 Å². The van der Waals surface area contributed by atoms with Gasteiger partial charge in [0.1, 0.15) is 9.88 Å². The normalized spacial score (nSPS) is 10.3. The van der Waals surface area contributed by atoms with Gasteiger partial charge >= 0.3 is 11.9 Å². The zero-order chi connectivity index (χ0) is 18.7. The maximum absolute atomic E-state index is 12.4. The Morgan fingerprint density at radius 2 is 1.68 bits per heavy atom. The van der Waals surface area contributed by atoms with Gasteiger partial charge in [-0.25, -0.2) is 9.59 Å². The molecule has 1 amide bonds. The van der Waals surface area contributed by atoms with E-state index in [2.05, 4.69) is 5.32 Å². The standard InChI is InChI=1S/C16H13Cl2NO5S/c1-7-11(15(21)23-2)14(25-12(7)16(22)24-3)19-13(20)8-4-5-9(17)10(18)6-8/h4-6H,1-3H3,(H,19,20). The maximum Gasteiger partial charge on any atom is 0.348 e. The van der Waals surface area contributed by atoms with Crippen molar-refractivity contribution in [2.75, 3.05) is 19.5 Å². The van der Waals surface area contributed by atoms with E-state index in [4.69, 9.17) is 32.7 Å². The fourth-order valence-corrected chi connectivity index (χ4v) is 3.46. The number of benzene rings is 1. The summed E-state index contributed by atoms with van der Waals surface area (Å²) < 4.78 is 9.42. The smallest absolute Gasteiger partial charge is 0.348 e. The largest absolute Gasteiger partial charge is 0.465 e. The van der Waals surface area contributed by atoms with Crippen molar-refractivity contribution in [2.45, 2.75) is 6.92 Å². The van der Waals surface area contributed by atoms with E-state index in [9.17, 15) is 14.4 Å². The SMILES string of the molecule is COC(=O)c1sc(NC(=O)c2ccc(Cl)c(Cl)c2)c(C(=O)OC)c1C. The van der Waals surface area contributed by atoms with Crippen LogP contribution in [0.25, 0.3) is 0 Å². The minimum Gasteiger partial charge on any atom is -0.465 e. The van der Waals surface area contributed by atoms with Gasteiger partial charge in [0, 0.05) is 5.56 Å². The summed E-state index contributed by atoms with van der Waals surface area (Å²) in [5.41, 5.74) is 0.713. The molecule has 0 saturated carbocycles. The molecule has 0 unspecified atom stereocenters. The molecule has 0 radical (unpaired) electrons. The number of anilines is 1. The molecule has 0 saturated heterocycles. The van der Waals surface area contributed by atoms with Gasteiger partial charge in [0.05, 0.1) is 29.8 Å². The highest BCUT2D eigenvalue weighted by atomic mass is 35.5. The number of carbonyl (C=O) groups excluding carboxylic acids is 3. The van der Waals surface area contributed by atoms with Crippen molar-refractivity contribution in [1.29, 1.82) is 0 Å². The van der Waals surface area contributed by atoms with Gasteiger partial charge in [0.25, 0.3) is 5.91 Å². The van der Waals surface area contributed by atoms with Crippen molar-refractivity contribution in [3.8, 4) is 0 Å². The molecule has 9 heteroatoms. The van der Waals surface area contributed by atoms with Crippen LogP contribution in [-0.2, 0) is 9.47 Å². The van der Waals surface area contributed by atoms with Gasteiger partial charge in [-0.1, -0.05) is 23.2 Å². The van der Waals surface area contributed by atoms with Crippen molar-refractivity contribution < 1.29 is 23.9 Å². The summed E-state index contributed by atoms with van der Waals surface area (Å²) in [4.78, 5) is 36.5. The van der Waals surface area contributed by atoms with E-state index in [0.717, 1.165) is 11.3 Å². The van der Waals surface area contributed by atoms with Crippen LogP contribution in [0.2, 0.25) is 10.0 Å². The average molecular weight is 402 g/mol. The van der Waals surface area contributed by atoms with Crippen molar-refractivity contribution in [1.82, 2.24) is 0 Å². The predicted octanol–water partition coefficient (Wildman–Crippen LogP) is 4.19. The minimum atomic E-state index is -0.673. The first-order valence-corrected chi connectivity index (χ1v) is 8.43. The van der Waals surface area contributed by atoms with Crippen LogP contribution in [0.1, 0.15) is 36.0 Å². The summed E-state index contributed by atoms with van der Waals surface area (Å²) in [5.74, 6) is -1.79. The molecule has 0 atom stereocenters. The molecule has 0 bridgehead atoms. The van der Waals surface area contributed by atoms with Crippen molar-refractivity contribution in [3.63, 3.8) is 0 Å². The van der Waals surface area contributed by atoms with Crippen LogP contribution in [0.3, 0.4) is 0 Å². The second-order valence-electron chi connectivity index (χ2n) is 4.83. The van der Waals surface area contributed by atoms with Crippen LogP contribution in [0.5, 0.6) is 0 Å². The lowest BCUT2D eigenvalue weighted by Gasteiger charge is -2.07. The topological polar surface area (TPSA) is 81.7 Å². The summed E-state index contributed by atoms with van der Waals surface area (Å²) in [7, 11) is 2.44. The first-order chi connectivity index (χ1) is 11.8. The number of esters is 2. The average Bonchev–Trinajstić information content (AvgIpc) is 2.92. The van der Waals surface area contributed by atoms with E-state index >= 15 is 0 Å². The molecule has 1 aromatic heterocycles. The van der Waals surface area contributed by atoms with Gasteiger partial charge in [0.15, 0.2) is 0 Å². The van der Waals surface area contributed by atoms with Gasteiger partial charge in [-0.3, -0.25) is 4.79 Å². The Morgan fingerprint density at radius 3 is 2.24 bits per heavy atom. The predicted molar refractivity (Wildman–Crippen MR) is 96.2 cm³/mol. The monoisotopic (exact) mass is 401 g/mol. The van der Waals surface area contributed by atoms with E-state index in [-0.39, 0.29) is 26.0 Å². The second-order valence-corrected chi connectivity index (χ2v) is 6.66. The van der Waals surface area contributed by atoms with Crippen LogP contribution >= 0.6 is 34.5 Å². The first-order valence-electron chi connectivity index (χ1n) is 6.86. The molecule has 2 aromatic rings. The molecular weight excluding hydrogens is 389 g/mol. The number of ether oxygens (including phenoxy) is 2. The number of hydrogen-bond acceptors (Lipinski definition) is 6. The molecule has 2 rings (SSSR count). The molecule has 1 heterocycles. The third-order valence-electron chi connectivity index (χ3n) is 3.32. The van der Waals surface area contributed by atoms with Crippen LogP contribution in [0.4, 0.5) is 5.00 Å². The molecule has 1 aromatic carbocycles. The number of methoxy groups -OCH3 is 2. The second kappa shape index (κ2) is 7.86. The quantitative estimate of drug-likeness (QED) is 0.776. The van der Waals surface area contributed by atoms with Crippen molar-refractivity contribution >= 4 is 57.4 Å². The highest BCUT2D eigenvalue weighted by molar-refractivity contribution is 7.18. The van der Waals surface area contributed by atoms with E-state index in [1.54, 1.807) is 6.92 Å². The summed E-state index contributed by atoms with van der Waals surface area (Å²) >= 11 is 12.7. The third kappa shape index (κ3) is 3.95. The Balaban J connectivity index is 2.43. The van der Waals surface area contributed by atoms with Gasteiger partial charge in [-0.05, 0) is 30.7 Å². The van der Waals surface area contributed by atoms with Gasteiger partial charge in [-0.2, -0.15) is 0 Å². The molecule has 0 aliphatic heterocycles. The molecule has 25 heavy (non-hydrogen) atoms. The third-order valence-corrected chi connectivity index (χ3v) is 5.24. The molecule has 0 spiro atoms. The van der Waals surface area contributed by atoms with E-state index in [1.807, 2.05) is 0 Å². The number of amides is 1. The molecule has 132 valence electrons. The number of hydrogen-bond donors (Lipinski definition) is 1. The Morgan fingerprint density at radius 1 is 1.04 bits per heavy atom. The molecule has 1 N–H and O–H groups in total. The molecule has 0 aliphatic rings. The van der Waals surface area contributed by atoms with Crippen LogP contribution in [0.15, 0.2) is 18.2 Å². The number of rotatable bonds is 4. The van der Waals surface area contributed by atoms with Crippen LogP contribution < -0.4 is 5.32 Å². The Kier molecular flexibility index (Phi) is 6.05. The number of halogens is 2. The Labute approximate surface area is 157 Å². The lowest BCUT2D eigenvalue weighted by molar-refractivity contribution is 0.0601. The lowest BCUT2D eigenvalue weighted by Crippen LogP contribution is -2.14. The molecular formula is C16H13Cl2NO5S. The Hall–Kier alpha value is -2.09. The van der Waals surface area contributed by atoms with Crippen molar-refractivity contribution in [3.05, 3.63) is 49.8 Å². The number of thiophene rings is 1. The highest BCUT2D eigenvalue weighted by Gasteiger charge is 2.27. The van der Waals surface area contributed by atoms with Crippen molar-refractivity contribution in [2.24, 2.45) is 0 Å². The molecule has 6 nitrogen and oxygen atoms in total. The van der Waals surface area contributed by atoms with E-state index in [0.29, 0.717) is 10.6 Å². The summed E-state index contributed by atoms with van der Waals surface area (Å²) in [6.07, 6.45) is 0. The fraction of sp³-hybridized carbons (Fsp3) is 0.188. The highest BCUT2D eigenvalue weighted by Crippen LogP contribution is 2.34. The minimum absolute atomic E-state index is 0.0984. The zero-order valence-electron chi connectivity index (χ0n) is 13.4. The van der Waals surface area contributed by atoms with Gasteiger partial charge < -0.3 is 14.8 Å². The first kappa shape index (κ1) is 19.2. The van der Waals surface area contributed by atoms with E-state index in [1.165, 1.54) is 32.4 Å². The fourth-order valence-electron chi connectivity index (χ4n) is 2.05. The summed E-state index contributed by atoms with van der Waals surface area (Å²) in [5, 5.41) is 3.32. The summed E-state index contributed by atoms with van der Waals surface area (Å²) in [6.45, 7) is 1.57. The maximum atomic E-state index is 12.4. The van der Waals surface area contributed by atoms with Crippen LogP contribution in [-0.4, -0.2) is 32.1 Å². The number of carbonyl (C=O) groups is 3. The Bertz CT molecular complexity index is 862. The molecule has 0 aliphatic carbocycles. The van der Waals surface area contributed by atoms with Crippen LogP contribution in [0, 0.1) is 6.92 Å². The zero-order valence-corrected chi connectivity index (χ0v) is 15.8. The van der Waals surface area contributed by atoms with E-state index < -0.39 is 17.8 Å². The molecule has 0 fully saturated rings. The number of nitrogens with one attached hydrogen (secondary N) is 1.